The number of hydrogen-bond donors (Lipinski definition) is 1. The van der Waals surface area contributed by atoms with Crippen LogP contribution in [0.25, 0.3) is 10.9 Å². The fraction of sp³-hybridized carbons (Fsp3) is 0.444. The Morgan fingerprint density at radius 3 is 2.78 bits per heavy atom. The number of aromatic nitrogens is 1. The highest BCUT2D eigenvalue weighted by Gasteiger charge is 2.13. The third-order valence-corrected chi connectivity index (χ3v) is 4.21. The molecule has 0 aliphatic heterocycles. The van der Waals surface area contributed by atoms with Gasteiger partial charge in [-0.05, 0) is 36.6 Å². The zero-order valence-electron chi connectivity index (χ0n) is 13.5. The maximum atomic E-state index is 10.7. The summed E-state index contributed by atoms with van der Waals surface area (Å²) in [5.74, 6) is -0.219. The molecule has 23 heavy (non-hydrogen) atoms. The molecule has 2 aromatic rings. The van der Waals surface area contributed by atoms with Gasteiger partial charge < -0.3 is 9.84 Å². The number of rotatable bonds is 8. The summed E-state index contributed by atoms with van der Waals surface area (Å²) in [6.07, 6.45) is 4.67. The summed E-state index contributed by atoms with van der Waals surface area (Å²) in [6.45, 7) is 3.95. The Morgan fingerprint density at radius 2 is 2.09 bits per heavy atom. The number of hydrogen-bond acceptors (Lipinski definition) is 3. The summed E-state index contributed by atoms with van der Waals surface area (Å²) in [6, 6.07) is 7.30. The number of nitrogens with zero attached hydrogens (tertiary/aromatic N) is 1. The Morgan fingerprint density at radius 1 is 1.30 bits per heavy atom. The summed E-state index contributed by atoms with van der Waals surface area (Å²) >= 11 is 6.21. The van der Waals surface area contributed by atoms with Gasteiger partial charge in [-0.2, -0.15) is 0 Å². The van der Waals surface area contributed by atoms with E-state index in [4.69, 9.17) is 26.4 Å². The van der Waals surface area contributed by atoms with E-state index in [0.717, 1.165) is 17.5 Å². The van der Waals surface area contributed by atoms with Crippen LogP contribution < -0.4 is 4.74 Å². The summed E-state index contributed by atoms with van der Waals surface area (Å²) in [4.78, 5) is 15.4. The molecule has 0 amide bonds. The molecular formula is C18H22ClNO3. The van der Waals surface area contributed by atoms with Gasteiger partial charge in [0.15, 0.2) is 6.61 Å². The van der Waals surface area contributed by atoms with E-state index in [1.54, 1.807) is 12.1 Å². The fourth-order valence-corrected chi connectivity index (χ4v) is 2.77. The van der Waals surface area contributed by atoms with Crippen LogP contribution >= 0.6 is 11.6 Å². The number of carboxylic acids is 1. The predicted octanol–water partition coefficient (Wildman–Crippen LogP) is 5.04. The molecule has 0 saturated heterocycles. The van der Waals surface area contributed by atoms with Crippen molar-refractivity contribution >= 4 is 28.5 Å². The Bertz CT molecular complexity index is 687. The maximum absolute atomic E-state index is 10.7. The quantitative estimate of drug-likeness (QED) is 0.687. The van der Waals surface area contributed by atoms with Crippen molar-refractivity contribution in [3.63, 3.8) is 0 Å². The molecule has 0 aliphatic carbocycles. The number of carbonyl (C=O) groups is 1. The number of halogens is 1. The van der Waals surface area contributed by atoms with Crippen LogP contribution in [0.15, 0.2) is 24.3 Å². The van der Waals surface area contributed by atoms with Crippen LogP contribution in [0, 0.1) is 0 Å². The van der Waals surface area contributed by atoms with E-state index < -0.39 is 12.6 Å². The smallest absolute Gasteiger partial charge is 0.341 e. The number of carboxylic acid groups (broad SMARTS) is 1. The minimum absolute atomic E-state index is 0.345. The number of pyridine rings is 1. The van der Waals surface area contributed by atoms with Crippen molar-refractivity contribution in [1.29, 1.82) is 0 Å². The van der Waals surface area contributed by atoms with E-state index in [1.165, 1.54) is 19.3 Å². The summed E-state index contributed by atoms with van der Waals surface area (Å²) in [5, 5.41) is 10.2. The zero-order valence-corrected chi connectivity index (χ0v) is 14.3. The zero-order chi connectivity index (χ0) is 16.8. The molecule has 1 heterocycles. The predicted molar refractivity (Wildman–Crippen MR) is 92.4 cm³/mol. The summed E-state index contributed by atoms with van der Waals surface area (Å²) < 4.78 is 5.35. The van der Waals surface area contributed by atoms with E-state index in [1.807, 2.05) is 12.1 Å². The molecular weight excluding hydrogens is 314 g/mol. The van der Waals surface area contributed by atoms with Gasteiger partial charge in [0, 0.05) is 11.1 Å². The first kappa shape index (κ1) is 17.5. The molecule has 0 saturated carbocycles. The van der Waals surface area contributed by atoms with Gasteiger partial charge in [-0.3, -0.25) is 0 Å². The molecule has 1 aromatic carbocycles. The Labute approximate surface area is 141 Å². The molecule has 0 aliphatic rings. The molecule has 0 fully saturated rings. The van der Waals surface area contributed by atoms with E-state index >= 15 is 0 Å². The van der Waals surface area contributed by atoms with Gasteiger partial charge in [0.1, 0.15) is 11.3 Å². The van der Waals surface area contributed by atoms with Crippen molar-refractivity contribution in [2.24, 2.45) is 0 Å². The van der Waals surface area contributed by atoms with Gasteiger partial charge in [-0.1, -0.05) is 44.7 Å². The van der Waals surface area contributed by atoms with Crippen molar-refractivity contribution < 1.29 is 14.6 Å². The average Bonchev–Trinajstić information content (AvgIpc) is 2.54. The minimum Gasteiger partial charge on any atom is -0.480 e. The van der Waals surface area contributed by atoms with Crippen LogP contribution in [0.3, 0.4) is 0 Å². The van der Waals surface area contributed by atoms with Gasteiger partial charge >= 0.3 is 5.97 Å². The van der Waals surface area contributed by atoms with Crippen molar-refractivity contribution in [2.45, 2.75) is 45.4 Å². The summed E-state index contributed by atoms with van der Waals surface area (Å²) in [5.41, 5.74) is 1.61. The lowest BCUT2D eigenvalue weighted by atomic mass is 9.98. The number of fused-ring (bicyclic) bond motifs is 1. The number of ether oxygens (including phenoxy) is 1. The van der Waals surface area contributed by atoms with E-state index in [2.05, 4.69) is 13.8 Å². The lowest BCUT2D eigenvalue weighted by Gasteiger charge is -2.14. The van der Waals surface area contributed by atoms with Gasteiger partial charge in [-0.25, -0.2) is 9.78 Å². The highest BCUT2D eigenvalue weighted by molar-refractivity contribution is 6.35. The second-order valence-electron chi connectivity index (χ2n) is 5.76. The van der Waals surface area contributed by atoms with Crippen LogP contribution in [0.2, 0.25) is 5.02 Å². The standard InChI is InChI=1S/C18H22ClNO3/c1-3-4-5-6-12(2)15-9-7-13-14(19)8-10-16(18(13)20-15)23-11-17(21)22/h7-10,12H,3-6,11H2,1-2H3,(H,21,22). The number of benzene rings is 1. The molecule has 1 atom stereocenters. The molecule has 0 radical (unpaired) electrons. The first-order valence-corrected chi connectivity index (χ1v) is 8.34. The SMILES string of the molecule is CCCCCC(C)c1ccc2c(Cl)ccc(OCC(=O)O)c2n1. The lowest BCUT2D eigenvalue weighted by Crippen LogP contribution is -2.10. The first-order chi connectivity index (χ1) is 11.0. The normalized spacial score (nSPS) is 12.3. The average molecular weight is 336 g/mol. The highest BCUT2D eigenvalue weighted by atomic mass is 35.5. The minimum atomic E-state index is -1.02. The van der Waals surface area contributed by atoms with E-state index in [0.29, 0.717) is 22.2 Å². The van der Waals surface area contributed by atoms with Crippen molar-refractivity contribution in [2.75, 3.05) is 6.61 Å². The van der Waals surface area contributed by atoms with Crippen LogP contribution in [0.1, 0.15) is 51.1 Å². The second-order valence-corrected chi connectivity index (χ2v) is 6.16. The number of unbranched alkanes of at least 4 members (excludes halogenated alkanes) is 2. The Kier molecular flexibility index (Phi) is 6.22. The van der Waals surface area contributed by atoms with Crippen molar-refractivity contribution in [3.8, 4) is 5.75 Å². The lowest BCUT2D eigenvalue weighted by molar-refractivity contribution is -0.139. The second kappa shape index (κ2) is 8.16. The molecule has 0 bridgehead atoms. The molecule has 0 spiro atoms. The Hall–Kier alpha value is -1.81. The monoisotopic (exact) mass is 335 g/mol. The van der Waals surface area contributed by atoms with Crippen LogP contribution in [-0.2, 0) is 4.79 Å². The van der Waals surface area contributed by atoms with Gasteiger partial charge in [-0.15, -0.1) is 0 Å². The highest BCUT2D eigenvalue weighted by Crippen LogP contribution is 2.32. The molecule has 1 N–H and O–H groups in total. The maximum Gasteiger partial charge on any atom is 0.341 e. The molecule has 1 aromatic heterocycles. The topological polar surface area (TPSA) is 59.4 Å². The van der Waals surface area contributed by atoms with E-state index in [-0.39, 0.29) is 0 Å². The Balaban J connectivity index is 2.31. The van der Waals surface area contributed by atoms with Gasteiger partial charge in [0.25, 0.3) is 0 Å². The molecule has 2 rings (SSSR count). The van der Waals surface area contributed by atoms with Crippen molar-refractivity contribution in [3.05, 3.63) is 35.0 Å². The first-order valence-electron chi connectivity index (χ1n) is 7.96. The van der Waals surface area contributed by atoms with Gasteiger partial charge in [0.05, 0.1) is 5.02 Å². The van der Waals surface area contributed by atoms with E-state index in [9.17, 15) is 4.79 Å². The molecule has 124 valence electrons. The molecule has 1 unspecified atom stereocenters. The number of aliphatic carboxylic acids is 1. The third kappa shape index (κ3) is 4.58. The fourth-order valence-electron chi connectivity index (χ4n) is 2.55. The summed E-state index contributed by atoms with van der Waals surface area (Å²) in [7, 11) is 0. The molecule has 5 heteroatoms. The molecule has 4 nitrogen and oxygen atoms in total. The van der Waals surface area contributed by atoms with Crippen LogP contribution in [0.4, 0.5) is 0 Å². The largest absolute Gasteiger partial charge is 0.480 e. The van der Waals surface area contributed by atoms with Crippen LogP contribution in [-0.4, -0.2) is 22.7 Å². The van der Waals surface area contributed by atoms with Gasteiger partial charge in [0.2, 0.25) is 0 Å². The van der Waals surface area contributed by atoms with Crippen LogP contribution in [0.5, 0.6) is 5.75 Å². The van der Waals surface area contributed by atoms with Crippen molar-refractivity contribution in [1.82, 2.24) is 4.98 Å². The third-order valence-electron chi connectivity index (χ3n) is 3.89.